The van der Waals surface area contributed by atoms with Gasteiger partial charge in [0.15, 0.2) is 11.2 Å². The van der Waals surface area contributed by atoms with Gasteiger partial charge in [-0.05, 0) is 44.0 Å². The fourth-order valence-electron chi connectivity index (χ4n) is 3.81. The largest absolute Gasteiger partial charge is 0.450 e. The van der Waals surface area contributed by atoms with Crippen molar-refractivity contribution in [3.05, 3.63) is 76.1 Å². The van der Waals surface area contributed by atoms with Crippen molar-refractivity contribution in [1.82, 2.24) is 10.2 Å². The molecule has 2 aromatic carbocycles. The van der Waals surface area contributed by atoms with Gasteiger partial charge in [-0.3, -0.25) is 14.4 Å². The van der Waals surface area contributed by atoms with Crippen LogP contribution in [0.4, 0.5) is 0 Å². The number of hydrogen-bond acceptors (Lipinski definition) is 5. The van der Waals surface area contributed by atoms with E-state index in [-0.39, 0.29) is 28.9 Å². The Morgan fingerprint density at radius 3 is 2.48 bits per heavy atom. The number of likely N-dealkylation sites (N-methyl/N-ethyl adjacent to an activating group) is 1. The second-order valence-corrected chi connectivity index (χ2v) is 9.93. The van der Waals surface area contributed by atoms with Crippen LogP contribution in [0.5, 0.6) is 0 Å². The number of thioether (sulfide) groups is 1. The van der Waals surface area contributed by atoms with Gasteiger partial charge in [-0.2, -0.15) is 0 Å². The van der Waals surface area contributed by atoms with Crippen LogP contribution in [0.25, 0.3) is 11.0 Å². The average molecular weight is 465 g/mol. The molecule has 1 heterocycles. The maximum atomic E-state index is 13.1. The summed E-state index contributed by atoms with van der Waals surface area (Å²) >= 11 is 1.66. The average Bonchev–Trinajstić information content (AvgIpc) is 3.58. The molecule has 1 aliphatic rings. The highest BCUT2D eigenvalue weighted by molar-refractivity contribution is 7.99. The van der Waals surface area contributed by atoms with E-state index >= 15 is 0 Å². The van der Waals surface area contributed by atoms with Gasteiger partial charge in [-0.25, -0.2) is 0 Å². The number of nitrogens with zero attached hydrogens (tertiary/aromatic N) is 1. The molecule has 1 saturated carbocycles. The van der Waals surface area contributed by atoms with Crippen molar-refractivity contribution in [3.63, 3.8) is 0 Å². The molecule has 0 spiro atoms. The Hall–Kier alpha value is -3.06. The SMILES string of the molecule is Cc1c(C(=O)N(C)CC2(NC(=O)C(C)CSc3ccccc3)CC2)oc2ccccc2c1=O. The normalized spacial score (nSPS) is 15.1. The van der Waals surface area contributed by atoms with Crippen LogP contribution in [0.3, 0.4) is 0 Å². The van der Waals surface area contributed by atoms with E-state index in [9.17, 15) is 14.4 Å². The smallest absolute Gasteiger partial charge is 0.289 e. The molecule has 0 saturated heterocycles. The van der Waals surface area contributed by atoms with Crippen molar-refractivity contribution < 1.29 is 14.0 Å². The first-order chi connectivity index (χ1) is 15.8. The third-order valence-corrected chi connectivity index (χ3v) is 7.31. The molecule has 6 nitrogen and oxygen atoms in total. The van der Waals surface area contributed by atoms with Gasteiger partial charge in [0.2, 0.25) is 5.91 Å². The highest BCUT2D eigenvalue weighted by Gasteiger charge is 2.46. The third kappa shape index (κ3) is 5.14. The minimum Gasteiger partial charge on any atom is -0.450 e. The first-order valence-electron chi connectivity index (χ1n) is 11.1. The lowest BCUT2D eigenvalue weighted by Crippen LogP contribution is -2.48. The standard InChI is InChI=1S/C26H28N2O4S/c1-17(15-33-19-9-5-4-6-10-19)24(30)27-26(13-14-26)16-28(3)25(31)23-18(2)22(29)20-11-7-8-12-21(20)32-23/h4-12,17H,13-16H2,1-3H3,(H,27,30). The minimum absolute atomic E-state index is 0.00908. The van der Waals surface area contributed by atoms with Crippen LogP contribution in [0, 0.1) is 12.8 Å². The molecular formula is C26H28N2O4S. The second kappa shape index (κ2) is 9.43. The number of nitrogens with one attached hydrogen (secondary N) is 1. The molecule has 0 bridgehead atoms. The Labute approximate surface area is 197 Å². The van der Waals surface area contributed by atoms with Gasteiger partial charge in [0, 0.05) is 35.7 Å². The van der Waals surface area contributed by atoms with E-state index in [0.717, 1.165) is 17.7 Å². The van der Waals surface area contributed by atoms with Gasteiger partial charge in [-0.1, -0.05) is 37.3 Å². The van der Waals surface area contributed by atoms with Crippen LogP contribution in [0.15, 0.2) is 68.7 Å². The number of carbonyl (C=O) groups is 2. The summed E-state index contributed by atoms with van der Waals surface area (Å²) in [4.78, 5) is 41.3. The Balaban J connectivity index is 1.40. The van der Waals surface area contributed by atoms with Crippen molar-refractivity contribution in [2.45, 2.75) is 37.1 Å². The Kier molecular flexibility index (Phi) is 6.61. The molecule has 1 atom stereocenters. The maximum absolute atomic E-state index is 13.1. The van der Waals surface area contributed by atoms with E-state index in [1.807, 2.05) is 37.3 Å². The van der Waals surface area contributed by atoms with E-state index < -0.39 is 5.54 Å². The lowest BCUT2D eigenvalue weighted by molar-refractivity contribution is -0.124. The van der Waals surface area contributed by atoms with Crippen LogP contribution in [0.1, 0.15) is 35.9 Å². The molecule has 1 N–H and O–H groups in total. The molecule has 1 aliphatic carbocycles. The van der Waals surface area contributed by atoms with Crippen LogP contribution in [-0.4, -0.2) is 41.6 Å². The van der Waals surface area contributed by atoms with Gasteiger partial charge in [-0.15, -0.1) is 11.8 Å². The van der Waals surface area contributed by atoms with Crippen molar-refractivity contribution in [1.29, 1.82) is 0 Å². The summed E-state index contributed by atoms with van der Waals surface area (Å²) in [5, 5.41) is 3.62. The number of carbonyl (C=O) groups excluding carboxylic acids is 2. The van der Waals surface area contributed by atoms with Gasteiger partial charge in [0.25, 0.3) is 5.91 Å². The minimum atomic E-state index is -0.418. The topological polar surface area (TPSA) is 79.6 Å². The van der Waals surface area contributed by atoms with Gasteiger partial charge in [0.05, 0.1) is 10.9 Å². The summed E-state index contributed by atoms with van der Waals surface area (Å²) in [5.74, 6) is 0.210. The molecule has 7 heteroatoms. The van der Waals surface area contributed by atoms with Gasteiger partial charge >= 0.3 is 0 Å². The van der Waals surface area contributed by atoms with Crippen molar-refractivity contribution in [2.75, 3.05) is 19.3 Å². The zero-order valence-corrected chi connectivity index (χ0v) is 19.9. The predicted octanol–water partition coefficient (Wildman–Crippen LogP) is 4.25. The molecular weight excluding hydrogens is 436 g/mol. The zero-order valence-electron chi connectivity index (χ0n) is 19.1. The second-order valence-electron chi connectivity index (χ2n) is 8.84. The van der Waals surface area contributed by atoms with Crippen molar-refractivity contribution >= 4 is 34.5 Å². The van der Waals surface area contributed by atoms with Gasteiger partial charge < -0.3 is 14.6 Å². The fourth-order valence-corrected chi connectivity index (χ4v) is 4.75. The highest BCUT2D eigenvalue weighted by Crippen LogP contribution is 2.37. The summed E-state index contributed by atoms with van der Waals surface area (Å²) in [5.41, 5.74) is 0.0703. The third-order valence-electron chi connectivity index (χ3n) is 6.04. The molecule has 1 aromatic heterocycles. The first-order valence-corrected chi connectivity index (χ1v) is 12.1. The molecule has 3 aromatic rings. The number of amides is 2. The van der Waals surface area contributed by atoms with Crippen LogP contribution >= 0.6 is 11.8 Å². The molecule has 33 heavy (non-hydrogen) atoms. The molecule has 2 amide bonds. The number of benzene rings is 2. The Bertz CT molecular complexity index is 1230. The van der Waals surface area contributed by atoms with E-state index in [0.29, 0.717) is 28.8 Å². The first kappa shape index (κ1) is 23.1. The summed E-state index contributed by atoms with van der Waals surface area (Å²) < 4.78 is 5.80. The molecule has 1 fully saturated rings. The van der Waals surface area contributed by atoms with E-state index in [1.165, 1.54) is 4.90 Å². The number of rotatable bonds is 8. The summed E-state index contributed by atoms with van der Waals surface area (Å²) in [6, 6.07) is 16.9. The summed E-state index contributed by atoms with van der Waals surface area (Å²) in [6.45, 7) is 3.90. The van der Waals surface area contributed by atoms with E-state index in [2.05, 4.69) is 5.32 Å². The van der Waals surface area contributed by atoms with Gasteiger partial charge in [0.1, 0.15) is 5.58 Å². The molecule has 0 radical (unpaired) electrons. The van der Waals surface area contributed by atoms with Crippen molar-refractivity contribution in [2.24, 2.45) is 5.92 Å². The number of hydrogen-bond donors (Lipinski definition) is 1. The molecule has 172 valence electrons. The number of para-hydroxylation sites is 1. The van der Waals surface area contributed by atoms with Crippen LogP contribution in [0.2, 0.25) is 0 Å². The lowest BCUT2D eigenvalue weighted by Gasteiger charge is -2.26. The highest BCUT2D eigenvalue weighted by atomic mass is 32.2. The number of fused-ring (bicyclic) bond motifs is 1. The van der Waals surface area contributed by atoms with E-state index in [4.69, 9.17) is 4.42 Å². The van der Waals surface area contributed by atoms with Crippen LogP contribution < -0.4 is 10.7 Å². The predicted molar refractivity (Wildman–Crippen MR) is 131 cm³/mol. The summed E-state index contributed by atoms with van der Waals surface area (Å²) in [6.07, 6.45) is 1.63. The Morgan fingerprint density at radius 2 is 1.79 bits per heavy atom. The quantitative estimate of drug-likeness (QED) is 0.504. The monoisotopic (exact) mass is 464 g/mol. The van der Waals surface area contributed by atoms with E-state index in [1.54, 1.807) is 50.0 Å². The van der Waals surface area contributed by atoms with Crippen molar-refractivity contribution in [3.8, 4) is 0 Å². The molecule has 0 aliphatic heterocycles. The Morgan fingerprint density at radius 1 is 1.12 bits per heavy atom. The van der Waals surface area contributed by atoms with Crippen LogP contribution in [-0.2, 0) is 4.79 Å². The fraction of sp³-hybridized carbons (Fsp3) is 0.346. The zero-order chi connectivity index (χ0) is 23.6. The lowest BCUT2D eigenvalue weighted by atomic mass is 10.1. The molecule has 1 unspecified atom stereocenters. The maximum Gasteiger partial charge on any atom is 0.289 e. The summed E-state index contributed by atoms with van der Waals surface area (Å²) in [7, 11) is 1.68. The molecule has 4 rings (SSSR count).